The first kappa shape index (κ1) is 12.7. The van der Waals surface area contributed by atoms with Crippen LogP contribution in [-0.2, 0) is 0 Å². The molecule has 1 aromatic heterocycles. The molecule has 0 unspecified atom stereocenters. The molecule has 5 nitrogen and oxygen atoms in total. The van der Waals surface area contributed by atoms with E-state index in [1.165, 1.54) is 0 Å². The van der Waals surface area contributed by atoms with Crippen molar-refractivity contribution in [3.05, 3.63) is 11.4 Å². The predicted molar refractivity (Wildman–Crippen MR) is 63.0 cm³/mol. The van der Waals surface area contributed by atoms with Gasteiger partial charge in [0.15, 0.2) is 0 Å². The number of rotatable bonds is 5. The van der Waals surface area contributed by atoms with E-state index in [9.17, 15) is 0 Å². The Kier molecular flexibility index (Phi) is 4.49. The molecule has 16 heavy (non-hydrogen) atoms. The number of anilines is 1. The minimum Gasteiger partial charge on any atom is -0.475 e. The fraction of sp³-hybridized carbons (Fsp3) is 0.636. The standard InChI is InChI=1S/C11H19N3O2/c1-7(2)9-13-10(12-4)8(3)11(14-9)16-6-5-15/h7,15H,5-6H2,1-4H3,(H,12,13,14). The molecule has 0 fully saturated rings. The normalized spacial score (nSPS) is 10.6. The number of aromatic nitrogens is 2. The number of ether oxygens (including phenoxy) is 1. The summed E-state index contributed by atoms with van der Waals surface area (Å²) >= 11 is 0. The molecule has 0 saturated heterocycles. The van der Waals surface area contributed by atoms with E-state index in [4.69, 9.17) is 9.84 Å². The molecule has 1 rings (SSSR count). The van der Waals surface area contributed by atoms with Gasteiger partial charge in [-0.3, -0.25) is 0 Å². The third kappa shape index (κ3) is 2.82. The van der Waals surface area contributed by atoms with Crippen molar-refractivity contribution in [3.8, 4) is 5.88 Å². The van der Waals surface area contributed by atoms with Gasteiger partial charge in [0.25, 0.3) is 0 Å². The third-order valence-corrected chi connectivity index (χ3v) is 2.20. The van der Waals surface area contributed by atoms with Crippen molar-refractivity contribution >= 4 is 5.82 Å². The number of hydrogen-bond donors (Lipinski definition) is 2. The van der Waals surface area contributed by atoms with Gasteiger partial charge in [0.1, 0.15) is 18.2 Å². The lowest BCUT2D eigenvalue weighted by molar-refractivity contribution is 0.195. The fourth-order valence-electron chi connectivity index (χ4n) is 1.30. The van der Waals surface area contributed by atoms with E-state index in [2.05, 4.69) is 15.3 Å². The Morgan fingerprint density at radius 3 is 2.56 bits per heavy atom. The van der Waals surface area contributed by atoms with E-state index >= 15 is 0 Å². The van der Waals surface area contributed by atoms with Gasteiger partial charge in [-0.2, -0.15) is 4.98 Å². The molecule has 2 N–H and O–H groups in total. The number of hydrogen-bond acceptors (Lipinski definition) is 5. The van der Waals surface area contributed by atoms with Crippen LogP contribution in [0.3, 0.4) is 0 Å². The molecule has 0 aliphatic rings. The van der Waals surface area contributed by atoms with Crippen molar-refractivity contribution in [2.75, 3.05) is 25.6 Å². The largest absolute Gasteiger partial charge is 0.475 e. The lowest BCUT2D eigenvalue weighted by Gasteiger charge is -2.13. The van der Waals surface area contributed by atoms with E-state index in [-0.39, 0.29) is 19.1 Å². The molecule has 0 saturated carbocycles. The molecule has 0 amide bonds. The van der Waals surface area contributed by atoms with E-state index in [1.807, 2.05) is 27.8 Å². The molecule has 0 aliphatic heterocycles. The van der Waals surface area contributed by atoms with Gasteiger partial charge < -0.3 is 15.2 Å². The molecule has 0 radical (unpaired) electrons. The zero-order valence-electron chi connectivity index (χ0n) is 10.2. The molecule has 0 aromatic carbocycles. The zero-order chi connectivity index (χ0) is 12.1. The fourth-order valence-corrected chi connectivity index (χ4v) is 1.30. The second-order valence-electron chi connectivity index (χ2n) is 3.84. The Bertz CT molecular complexity index is 353. The molecule has 90 valence electrons. The summed E-state index contributed by atoms with van der Waals surface area (Å²) in [6.07, 6.45) is 0. The Morgan fingerprint density at radius 2 is 2.06 bits per heavy atom. The average Bonchev–Trinajstić information content (AvgIpc) is 2.27. The minimum atomic E-state index is -0.0185. The van der Waals surface area contributed by atoms with Crippen LogP contribution in [0.25, 0.3) is 0 Å². The van der Waals surface area contributed by atoms with Gasteiger partial charge in [0.2, 0.25) is 5.88 Å². The van der Waals surface area contributed by atoms with Crippen molar-refractivity contribution in [2.24, 2.45) is 0 Å². The van der Waals surface area contributed by atoms with Crippen molar-refractivity contribution in [2.45, 2.75) is 26.7 Å². The van der Waals surface area contributed by atoms with Crippen molar-refractivity contribution in [1.29, 1.82) is 0 Å². The topological polar surface area (TPSA) is 67.3 Å². The highest BCUT2D eigenvalue weighted by molar-refractivity contribution is 5.48. The lowest BCUT2D eigenvalue weighted by Crippen LogP contribution is -2.10. The Morgan fingerprint density at radius 1 is 1.38 bits per heavy atom. The van der Waals surface area contributed by atoms with Crippen molar-refractivity contribution in [1.82, 2.24) is 9.97 Å². The third-order valence-electron chi connectivity index (χ3n) is 2.20. The van der Waals surface area contributed by atoms with E-state index < -0.39 is 0 Å². The van der Waals surface area contributed by atoms with Gasteiger partial charge in [-0.05, 0) is 6.92 Å². The first-order valence-electron chi connectivity index (χ1n) is 5.40. The second kappa shape index (κ2) is 5.65. The summed E-state index contributed by atoms with van der Waals surface area (Å²) in [5.74, 6) is 2.29. The second-order valence-corrected chi connectivity index (χ2v) is 3.84. The van der Waals surface area contributed by atoms with Gasteiger partial charge in [0, 0.05) is 13.0 Å². The Labute approximate surface area is 95.9 Å². The van der Waals surface area contributed by atoms with Crippen molar-refractivity contribution < 1.29 is 9.84 Å². The summed E-state index contributed by atoms with van der Waals surface area (Å²) < 4.78 is 5.38. The van der Waals surface area contributed by atoms with Crippen LogP contribution >= 0.6 is 0 Å². The van der Waals surface area contributed by atoms with E-state index in [1.54, 1.807) is 0 Å². The van der Waals surface area contributed by atoms with Crippen LogP contribution in [-0.4, -0.2) is 35.3 Å². The first-order valence-corrected chi connectivity index (χ1v) is 5.40. The number of nitrogens with zero attached hydrogens (tertiary/aromatic N) is 2. The summed E-state index contributed by atoms with van der Waals surface area (Å²) in [7, 11) is 1.81. The average molecular weight is 225 g/mol. The van der Waals surface area contributed by atoms with Crippen LogP contribution < -0.4 is 10.1 Å². The highest BCUT2D eigenvalue weighted by Gasteiger charge is 2.13. The molecule has 0 aliphatic carbocycles. The highest BCUT2D eigenvalue weighted by Crippen LogP contribution is 2.24. The summed E-state index contributed by atoms with van der Waals surface area (Å²) in [6, 6.07) is 0. The van der Waals surface area contributed by atoms with Crippen LogP contribution in [0.5, 0.6) is 5.88 Å². The van der Waals surface area contributed by atoms with Crippen LogP contribution in [0.1, 0.15) is 31.2 Å². The first-order chi connectivity index (χ1) is 7.60. The Hall–Kier alpha value is -1.36. The SMILES string of the molecule is CNc1nc(C(C)C)nc(OCCO)c1C. The quantitative estimate of drug-likeness (QED) is 0.791. The number of nitrogens with one attached hydrogen (secondary N) is 1. The zero-order valence-corrected chi connectivity index (χ0v) is 10.2. The maximum absolute atomic E-state index is 8.74. The molecule has 1 aromatic rings. The molecule has 0 atom stereocenters. The predicted octanol–water partition coefficient (Wildman–Crippen LogP) is 1.32. The van der Waals surface area contributed by atoms with Crippen LogP contribution in [0.15, 0.2) is 0 Å². The van der Waals surface area contributed by atoms with E-state index in [0.717, 1.165) is 17.2 Å². The molecular weight excluding hydrogens is 206 g/mol. The highest BCUT2D eigenvalue weighted by atomic mass is 16.5. The van der Waals surface area contributed by atoms with Crippen molar-refractivity contribution in [3.63, 3.8) is 0 Å². The molecule has 5 heteroatoms. The van der Waals surface area contributed by atoms with Crippen LogP contribution in [0.4, 0.5) is 5.82 Å². The summed E-state index contributed by atoms with van der Waals surface area (Å²) in [5.41, 5.74) is 0.861. The summed E-state index contributed by atoms with van der Waals surface area (Å²) in [6.45, 7) is 6.18. The van der Waals surface area contributed by atoms with Crippen LogP contribution in [0, 0.1) is 6.92 Å². The molecule has 1 heterocycles. The van der Waals surface area contributed by atoms with E-state index in [0.29, 0.717) is 5.88 Å². The lowest BCUT2D eigenvalue weighted by atomic mass is 10.2. The van der Waals surface area contributed by atoms with Gasteiger partial charge >= 0.3 is 0 Å². The maximum Gasteiger partial charge on any atom is 0.221 e. The molecule has 0 bridgehead atoms. The number of aliphatic hydroxyl groups is 1. The van der Waals surface area contributed by atoms with Gasteiger partial charge in [0.05, 0.1) is 12.2 Å². The molecular formula is C11H19N3O2. The summed E-state index contributed by atoms with van der Waals surface area (Å²) in [4.78, 5) is 8.73. The van der Waals surface area contributed by atoms with Gasteiger partial charge in [-0.25, -0.2) is 4.98 Å². The van der Waals surface area contributed by atoms with Gasteiger partial charge in [-0.1, -0.05) is 13.8 Å². The summed E-state index contributed by atoms with van der Waals surface area (Å²) in [5, 5.41) is 11.8. The Balaban J connectivity index is 3.08. The van der Waals surface area contributed by atoms with Crippen LogP contribution in [0.2, 0.25) is 0 Å². The smallest absolute Gasteiger partial charge is 0.221 e. The monoisotopic (exact) mass is 225 g/mol. The maximum atomic E-state index is 8.74. The van der Waals surface area contributed by atoms with Gasteiger partial charge in [-0.15, -0.1) is 0 Å². The molecule has 0 spiro atoms. The number of aliphatic hydroxyl groups excluding tert-OH is 1. The minimum absolute atomic E-state index is 0.0185.